The van der Waals surface area contributed by atoms with Crippen molar-refractivity contribution < 1.29 is 9.53 Å². The van der Waals surface area contributed by atoms with Crippen molar-refractivity contribution in [2.45, 2.75) is 38.6 Å². The fourth-order valence-electron chi connectivity index (χ4n) is 2.94. The number of ether oxygens (including phenoxy) is 1. The fourth-order valence-corrected chi connectivity index (χ4v) is 3.73. The Morgan fingerprint density at radius 1 is 1.32 bits per heavy atom. The van der Waals surface area contributed by atoms with Crippen molar-refractivity contribution in [3.05, 3.63) is 53.1 Å². The van der Waals surface area contributed by atoms with Gasteiger partial charge in [0.2, 0.25) is 5.91 Å². The van der Waals surface area contributed by atoms with Gasteiger partial charge < -0.3 is 9.64 Å². The lowest BCUT2D eigenvalue weighted by atomic mass is 10.1. The van der Waals surface area contributed by atoms with Crippen LogP contribution in [0.2, 0.25) is 0 Å². The minimum Gasteiger partial charge on any atom is -0.497 e. The molecule has 0 fully saturated rings. The highest BCUT2D eigenvalue weighted by Crippen LogP contribution is 2.24. The van der Waals surface area contributed by atoms with Crippen LogP contribution < -0.4 is 4.74 Å². The molecule has 0 unspecified atom stereocenters. The number of rotatable bonds is 6. The van der Waals surface area contributed by atoms with Crippen molar-refractivity contribution in [1.29, 1.82) is 0 Å². The summed E-state index contributed by atoms with van der Waals surface area (Å²) in [6.07, 6.45) is 2.54. The van der Waals surface area contributed by atoms with Crippen molar-refractivity contribution in [3.63, 3.8) is 0 Å². The second-order valence-electron chi connectivity index (χ2n) is 6.07. The van der Waals surface area contributed by atoms with Gasteiger partial charge in [-0.25, -0.2) is 9.97 Å². The number of benzene rings is 1. The molecule has 1 atom stereocenters. The molecule has 1 amide bonds. The van der Waals surface area contributed by atoms with Gasteiger partial charge in [0.05, 0.1) is 24.6 Å². The van der Waals surface area contributed by atoms with Crippen molar-refractivity contribution in [3.8, 4) is 5.75 Å². The first-order valence-corrected chi connectivity index (χ1v) is 9.52. The molecule has 0 spiro atoms. The SMILES string of the molecule is CCS[C@H](C)C(=O)N1Cc2cnc(Cc3ccc(OC)cc3)nc2C1. The zero-order valence-corrected chi connectivity index (χ0v) is 15.7. The van der Waals surface area contributed by atoms with Gasteiger partial charge >= 0.3 is 0 Å². The Balaban J connectivity index is 1.68. The molecule has 25 heavy (non-hydrogen) atoms. The summed E-state index contributed by atoms with van der Waals surface area (Å²) in [5, 5.41) is -0.00830. The maximum absolute atomic E-state index is 12.5. The van der Waals surface area contributed by atoms with Gasteiger partial charge in [-0.15, -0.1) is 11.8 Å². The number of nitrogens with zero attached hydrogens (tertiary/aromatic N) is 3. The molecule has 3 rings (SSSR count). The smallest absolute Gasteiger partial charge is 0.236 e. The van der Waals surface area contributed by atoms with Gasteiger partial charge in [-0.2, -0.15) is 0 Å². The van der Waals surface area contributed by atoms with Crippen LogP contribution in [0.4, 0.5) is 0 Å². The van der Waals surface area contributed by atoms with Crippen LogP contribution in [0, 0.1) is 0 Å². The summed E-state index contributed by atoms with van der Waals surface area (Å²) in [6, 6.07) is 7.93. The van der Waals surface area contributed by atoms with Crippen molar-refractivity contribution in [2.24, 2.45) is 0 Å². The lowest BCUT2D eigenvalue weighted by Gasteiger charge is -2.19. The van der Waals surface area contributed by atoms with Crippen LogP contribution in [-0.2, 0) is 24.3 Å². The molecule has 1 aliphatic rings. The summed E-state index contributed by atoms with van der Waals surface area (Å²) in [7, 11) is 1.66. The van der Waals surface area contributed by atoms with Gasteiger partial charge in [-0.05, 0) is 30.4 Å². The number of amides is 1. The predicted octanol–water partition coefficient (Wildman–Crippen LogP) is 3.06. The zero-order valence-electron chi connectivity index (χ0n) is 14.9. The Morgan fingerprint density at radius 3 is 2.76 bits per heavy atom. The van der Waals surface area contributed by atoms with Crippen LogP contribution >= 0.6 is 11.8 Å². The van der Waals surface area contributed by atoms with Crippen LogP contribution in [0.5, 0.6) is 5.75 Å². The van der Waals surface area contributed by atoms with Crippen molar-refractivity contribution in [1.82, 2.24) is 14.9 Å². The van der Waals surface area contributed by atoms with Gasteiger partial charge in [0, 0.05) is 24.7 Å². The van der Waals surface area contributed by atoms with E-state index in [-0.39, 0.29) is 11.2 Å². The largest absolute Gasteiger partial charge is 0.497 e. The molecule has 5 nitrogen and oxygen atoms in total. The maximum atomic E-state index is 12.5. The van der Waals surface area contributed by atoms with E-state index >= 15 is 0 Å². The summed E-state index contributed by atoms with van der Waals surface area (Å²) < 4.78 is 5.18. The van der Waals surface area contributed by atoms with E-state index in [1.165, 1.54) is 0 Å². The van der Waals surface area contributed by atoms with E-state index in [2.05, 4.69) is 16.9 Å². The third-order valence-corrected chi connectivity index (χ3v) is 5.34. The quantitative estimate of drug-likeness (QED) is 0.795. The Labute approximate surface area is 152 Å². The molecule has 0 radical (unpaired) electrons. The van der Waals surface area contributed by atoms with E-state index in [1.807, 2.05) is 42.3 Å². The highest BCUT2D eigenvalue weighted by molar-refractivity contribution is 8.00. The monoisotopic (exact) mass is 357 g/mol. The molecule has 132 valence electrons. The number of aromatic nitrogens is 2. The Morgan fingerprint density at radius 2 is 2.08 bits per heavy atom. The van der Waals surface area contributed by atoms with Crippen molar-refractivity contribution >= 4 is 17.7 Å². The van der Waals surface area contributed by atoms with Gasteiger partial charge in [-0.1, -0.05) is 19.1 Å². The number of carbonyl (C=O) groups is 1. The van der Waals surface area contributed by atoms with Crippen LogP contribution in [0.25, 0.3) is 0 Å². The summed E-state index contributed by atoms with van der Waals surface area (Å²) in [5.74, 6) is 2.75. The van der Waals surface area contributed by atoms with Crippen LogP contribution in [0.3, 0.4) is 0 Å². The third kappa shape index (κ3) is 4.12. The Hall–Kier alpha value is -2.08. The molecule has 1 aromatic carbocycles. The Bertz CT molecular complexity index is 749. The molecule has 0 saturated carbocycles. The molecule has 0 saturated heterocycles. The molecule has 2 heterocycles. The first-order chi connectivity index (χ1) is 12.1. The van der Waals surface area contributed by atoms with E-state index < -0.39 is 0 Å². The molecule has 0 N–H and O–H groups in total. The van der Waals surface area contributed by atoms with Gasteiger partial charge in [0.1, 0.15) is 11.6 Å². The topological polar surface area (TPSA) is 55.3 Å². The molecule has 1 aliphatic heterocycles. The molecule has 1 aromatic heterocycles. The fraction of sp³-hybridized carbons (Fsp3) is 0.421. The molecule has 0 aliphatic carbocycles. The normalized spacial score (nSPS) is 14.3. The van der Waals surface area contributed by atoms with Gasteiger partial charge in [0.25, 0.3) is 0 Å². The number of methoxy groups -OCH3 is 1. The number of hydrogen-bond donors (Lipinski definition) is 0. The minimum absolute atomic E-state index is 0.00830. The lowest BCUT2D eigenvalue weighted by Crippen LogP contribution is -2.32. The van der Waals surface area contributed by atoms with Crippen LogP contribution in [-0.4, -0.2) is 38.9 Å². The number of fused-ring (bicyclic) bond motifs is 1. The van der Waals surface area contributed by atoms with Gasteiger partial charge in [0.15, 0.2) is 0 Å². The highest BCUT2D eigenvalue weighted by atomic mass is 32.2. The second-order valence-corrected chi connectivity index (χ2v) is 7.69. The summed E-state index contributed by atoms with van der Waals surface area (Å²) in [4.78, 5) is 23.5. The lowest BCUT2D eigenvalue weighted by molar-refractivity contribution is -0.130. The number of carbonyl (C=O) groups excluding carboxylic acids is 1. The molecular formula is C19H23N3O2S. The standard InChI is InChI=1S/C19H23N3O2S/c1-4-25-13(2)19(23)22-11-15-10-20-18(21-17(15)12-22)9-14-5-7-16(24-3)8-6-14/h5-8,10,13H,4,9,11-12H2,1-3H3/t13-/m1/s1. The number of hydrogen-bond acceptors (Lipinski definition) is 5. The van der Waals surface area contributed by atoms with Crippen molar-refractivity contribution in [2.75, 3.05) is 12.9 Å². The van der Waals surface area contributed by atoms with E-state index in [9.17, 15) is 4.79 Å². The average molecular weight is 357 g/mol. The number of thioether (sulfide) groups is 1. The maximum Gasteiger partial charge on any atom is 0.236 e. The first-order valence-electron chi connectivity index (χ1n) is 8.47. The summed E-state index contributed by atoms with van der Waals surface area (Å²) in [6.45, 7) is 5.25. The van der Waals surface area contributed by atoms with E-state index in [0.717, 1.165) is 34.1 Å². The Kier molecular flexibility index (Phi) is 5.58. The van der Waals surface area contributed by atoms with Crippen LogP contribution in [0.1, 0.15) is 36.5 Å². The predicted molar refractivity (Wildman–Crippen MR) is 99.7 cm³/mol. The van der Waals surface area contributed by atoms with E-state index in [1.54, 1.807) is 18.9 Å². The molecule has 0 bridgehead atoms. The van der Waals surface area contributed by atoms with E-state index in [0.29, 0.717) is 19.5 Å². The van der Waals surface area contributed by atoms with E-state index in [4.69, 9.17) is 4.74 Å². The molecular weight excluding hydrogens is 334 g/mol. The zero-order chi connectivity index (χ0) is 17.8. The molecule has 6 heteroatoms. The molecule has 2 aromatic rings. The second kappa shape index (κ2) is 7.87. The van der Waals surface area contributed by atoms with Crippen LogP contribution in [0.15, 0.2) is 30.5 Å². The van der Waals surface area contributed by atoms with Gasteiger partial charge in [-0.3, -0.25) is 4.79 Å². The third-order valence-electron chi connectivity index (χ3n) is 4.30. The minimum atomic E-state index is -0.00830. The summed E-state index contributed by atoms with van der Waals surface area (Å²) in [5.41, 5.74) is 3.17. The first kappa shape index (κ1) is 17.7. The highest BCUT2D eigenvalue weighted by Gasteiger charge is 2.28. The average Bonchev–Trinajstić information content (AvgIpc) is 3.05. The summed E-state index contributed by atoms with van der Waals surface area (Å²) >= 11 is 1.68.